The molecule has 124 valence electrons. The van der Waals surface area contributed by atoms with Crippen LogP contribution >= 0.6 is 0 Å². The predicted molar refractivity (Wildman–Crippen MR) is 91.9 cm³/mol. The monoisotopic (exact) mass is 305 g/mol. The topological polar surface area (TPSA) is 38.3 Å². The standard InChI is InChI=1S/C19H31NO2/c1-6-15(7-2)14-22-18(21)17(20-19(3,4)5)13-16-11-9-8-10-12-16/h8-12,15,17,20H,6-7,13-14H2,1-5H3. The summed E-state index contributed by atoms with van der Waals surface area (Å²) in [6.07, 6.45) is 2.74. The smallest absolute Gasteiger partial charge is 0.323 e. The van der Waals surface area contributed by atoms with Gasteiger partial charge in [-0.1, -0.05) is 57.0 Å². The van der Waals surface area contributed by atoms with E-state index in [1.165, 1.54) is 0 Å². The van der Waals surface area contributed by atoms with E-state index < -0.39 is 0 Å². The molecule has 1 aromatic carbocycles. The van der Waals surface area contributed by atoms with Crippen molar-refractivity contribution in [2.45, 2.75) is 65.5 Å². The Balaban J connectivity index is 2.70. The minimum Gasteiger partial charge on any atom is -0.464 e. The highest BCUT2D eigenvalue weighted by Crippen LogP contribution is 2.12. The summed E-state index contributed by atoms with van der Waals surface area (Å²) < 4.78 is 5.56. The Morgan fingerprint density at radius 2 is 1.73 bits per heavy atom. The molecule has 0 bridgehead atoms. The van der Waals surface area contributed by atoms with Crippen LogP contribution in [-0.2, 0) is 16.0 Å². The SMILES string of the molecule is CCC(CC)COC(=O)C(Cc1ccccc1)NC(C)(C)C. The molecule has 0 saturated carbocycles. The third-order valence-corrected chi connectivity index (χ3v) is 3.79. The second kappa shape index (κ2) is 8.94. The first-order valence-electron chi connectivity index (χ1n) is 8.34. The molecule has 1 atom stereocenters. The maximum absolute atomic E-state index is 12.5. The molecule has 0 radical (unpaired) electrons. The summed E-state index contributed by atoms with van der Waals surface area (Å²) in [5, 5.41) is 3.39. The van der Waals surface area contributed by atoms with Gasteiger partial charge in [-0.25, -0.2) is 0 Å². The molecule has 0 heterocycles. The molecule has 0 spiro atoms. The van der Waals surface area contributed by atoms with E-state index in [1.54, 1.807) is 0 Å². The zero-order valence-corrected chi connectivity index (χ0v) is 14.7. The number of hydrogen-bond donors (Lipinski definition) is 1. The van der Waals surface area contributed by atoms with Crippen LogP contribution in [0.5, 0.6) is 0 Å². The first-order valence-corrected chi connectivity index (χ1v) is 8.34. The number of esters is 1. The van der Waals surface area contributed by atoms with Gasteiger partial charge in [0, 0.05) is 5.54 Å². The summed E-state index contributed by atoms with van der Waals surface area (Å²) in [6, 6.07) is 9.77. The molecule has 1 N–H and O–H groups in total. The normalized spacial score (nSPS) is 13.2. The van der Waals surface area contributed by atoms with Crippen LogP contribution in [0.2, 0.25) is 0 Å². The summed E-state index contributed by atoms with van der Waals surface area (Å²) in [5.74, 6) is 0.307. The second-order valence-electron chi connectivity index (χ2n) is 6.95. The average molecular weight is 305 g/mol. The summed E-state index contributed by atoms with van der Waals surface area (Å²) in [7, 11) is 0. The lowest BCUT2D eigenvalue weighted by Gasteiger charge is -2.28. The Bertz CT molecular complexity index is 432. The number of benzene rings is 1. The first kappa shape index (κ1) is 18.7. The van der Waals surface area contributed by atoms with Crippen LogP contribution in [0.25, 0.3) is 0 Å². The van der Waals surface area contributed by atoms with E-state index in [0.717, 1.165) is 18.4 Å². The Kier molecular flexibility index (Phi) is 7.60. The van der Waals surface area contributed by atoms with Crippen LogP contribution < -0.4 is 5.32 Å². The van der Waals surface area contributed by atoms with Crippen molar-refractivity contribution in [3.05, 3.63) is 35.9 Å². The van der Waals surface area contributed by atoms with Gasteiger partial charge in [-0.2, -0.15) is 0 Å². The number of ether oxygens (including phenoxy) is 1. The van der Waals surface area contributed by atoms with E-state index in [0.29, 0.717) is 18.9 Å². The molecule has 0 aromatic heterocycles. The van der Waals surface area contributed by atoms with E-state index in [4.69, 9.17) is 4.74 Å². The van der Waals surface area contributed by atoms with Gasteiger partial charge < -0.3 is 4.74 Å². The van der Waals surface area contributed by atoms with Crippen LogP contribution in [0.1, 0.15) is 53.0 Å². The van der Waals surface area contributed by atoms with Gasteiger partial charge in [0.1, 0.15) is 6.04 Å². The quantitative estimate of drug-likeness (QED) is 0.739. The van der Waals surface area contributed by atoms with E-state index in [-0.39, 0.29) is 17.6 Å². The highest BCUT2D eigenvalue weighted by Gasteiger charge is 2.25. The van der Waals surface area contributed by atoms with Crippen molar-refractivity contribution in [2.24, 2.45) is 5.92 Å². The van der Waals surface area contributed by atoms with Gasteiger partial charge in [0.05, 0.1) is 6.61 Å². The summed E-state index contributed by atoms with van der Waals surface area (Å²) in [6.45, 7) is 11.0. The Morgan fingerprint density at radius 1 is 1.14 bits per heavy atom. The van der Waals surface area contributed by atoms with Gasteiger partial charge in [-0.3, -0.25) is 10.1 Å². The van der Waals surface area contributed by atoms with Gasteiger partial charge in [0.2, 0.25) is 0 Å². The average Bonchev–Trinajstić information content (AvgIpc) is 2.47. The summed E-state index contributed by atoms with van der Waals surface area (Å²) in [5.41, 5.74) is 1.01. The maximum atomic E-state index is 12.5. The molecule has 0 saturated heterocycles. The fourth-order valence-electron chi connectivity index (χ4n) is 2.39. The van der Waals surface area contributed by atoms with Crippen LogP contribution in [-0.4, -0.2) is 24.2 Å². The van der Waals surface area contributed by atoms with Gasteiger partial charge in [-0.05, 0) is 38.7 Å². The Hall–Kier alpha value is -1.35. The molecule has 3 heteroatoms. The van der Waals surface area contributed by atoms with Gasteiger partial charge in [0.25, 0.3) is 0 Å². The molecule has 0 amide bonds. The molecule has 0 aliphatic rings. The lowest BCUT2D eigenvalue weighted by molar-refractivity contribution is -0.148. The second-order valence-corrected chi connectivity index (χ2v) is 6.95. The van der Waals surface area contributed by atoms with Crippen molar-refractivity contribution in [1.82, 2.24) is 5.32 Å². The number of hydrogen-bond acceptors (Lipinski definition) is 3. The van der Waals surface area contributed by atoms with Crippen molar-refractivity contribution < 1.29 is 9.53 Å². The third-order valence-electron chi connectivity index (χ3n) is 3.79. The maximum Gasteiger partial charge on any atom is 0.323 e. The molecule has 1 aromatic rings. The van der Waals surface area contributed by atoms with Gasteiger partial charge >= 0.3 is 5.97 Å². The van der Waals surface area contributed by atoms with E-state index in [2.05, 4.69) is 39.9 Å². The number of carbonyl (C=O) groups is 1. The molecule has 0 aliphatic carbocycles. The number of rotatable bonds is 8. The molecule has 3 nitrogen and oxygen atoms in total. The molecule has 1 unspecified atom stereocenters. The molecular weight excluding hydrogens is 274 g/mol. The number of nitrogens with one attached hydrogen (secondary N) is 1. The Morgan fingerprint density at radius 3 is 2.23 bits per heavy atom. The van der Waals surface area contributed by atoms with Gasteiger partial charge in [0.15, 0.2) is 0 Å². The van der Waals surface area contributed by atoms with Crippen molar-refractivity contribution in [2.75, 3.05) is 6.61 Å². The molecule has 1 rings (SSSR count). The minimum absolute atomic E-state index is 0.132. The molecule has 0 aliphatic heterocycles. The summed E-state index contributed by atoms with van der Waals surface area (Å²) in [4.78, 5) is 12.5. The van der Waals surface area contributed by atoms with Gasteiger partial charge in [-0.15, -0.1) is 0 Å². The molecular formula is C19H31NO2. The number of carbonyl (C=O) groups excluding carboxylic acids is 1. The van der Waals surface area contributed by atoms with E-state index in [1.807, 2.05) is 30.3 Å². The zero-order valence-electron chi connectivity index (χ0n) is 14.7. The van der Waals surface area contributed by atoms with Crippen LogP contribution in [0.3, 0.4) is 0 Å². The lowest BCUT2D eigenvalue weighted by atomic mass is 10.0. The van der Waals surface area contributed by atoms with Crippen molar-refractivity contribution >= 4 is 5.97 Å². The molecule has 22 heavy (non-hydrogen) atoms. The molecule has 0 fully saturated rings. The van der Waals surface area contributed by atoms with Crippen molar-refractivity contribution in [1.29, 1.82) is 0 Å². The predicted octanol–water partition coefficient (Wildman–Crippen LogP) is 3.97. The fourth-order valence-corrected chi connectivity index (χ4v) is 2.39. The largest absolute Gasteiger partial charge is 0.464 e. The van der Waals surface area contributed by atoms with E-state index >= 15 is 0 Å². The van der Waals surface area contributed by atoms with E-state index in [9.17, 15) is 4.79 Å². The third kappa shape index (κ3) is 7.08. The lowest BCUT2D eigenvalue weighted by Crippen LogP contribution is -2.49. The highest BCUT2D eigenvalue weighted by molar-refractivity contribution is 5.76. The van der Waals surface area contributed by atoms with Crippen LogP contribution in [0, 0.1) is 5.92 Å². The highest BCUT2D eigenvalue weighted by atomic mass is 16.5. The summed E-state index contributed by atoms with van der Waals surface area (Å²) >= 11 is 0. The fraction of sp³-hybridized carbons (Fsp3) is 0.632. The zero-order chi connectivity index (χ0) is 16.6. The van der Waals surface area contributed by atoms with Crippen molar-refractivity contribution in [3.63, 3.8) is 0 Å². The van der Waals surface area contributed by atoms with Crippen molar-refractivity contribution in [3.8, 4) is 0 Å². The van der Waals surface area contributed by atoms with Crippen LogP contribution in [0.4, 0.5) is 0 Å². The Labute approximate surface area is 135 Å². The first-order chi connectivity index (χ1) is 10.4. The van der Waals surface area contributed by atoms with Crippen LogP contribution in [0.15, 0.2) is 30.3 Å². The minimum atomic E-state index is -0.309.